The number of fused-ring (bicyclic) bond motifs is 3. The van der Waals surface area contributed by atoms with E-state index < -0.39 is 8.07 Å². The molecule has 96 valence electrons. The molecule has 0 heterocycles. The molecule has 1 fully saturated rings. The highest BCUT2D eigenvalue weighted by atomic mass is 28.3. The fourth-order valence-electron chi connectivity index (χ4n) is 3.91. The summed E-state index contributed by atoms with van der Waals surface area (Å²) in [4.78, 5) is 23.9. The van der Waals surface area contributed by atoms with Crippen molar-refractivity contribution in [1.29, 1.82) is 0 Å². The van der Waals surface area contributed by atoms with E-state index in [2.05, 4.69) is 19.6 Å². The van der Waals surface area contributed by atoms with Gasteiger partial charge in [0.05, 0.1) is 8.07 Å². The van der Waals surface area contributed by atoms with Gasteiger partial charge in [0.15, 0.2) is 11.6 Å². The average Bonchev–Trinajstić information content (AvgIpc) is 2.71. The number of carbonyl (C=O) groups is 2. The third-order valence-electron chi connectivity index (χ3n) is 4.51. The second-order valence-electron chi connectivity index (χ2n) is 6.90. The molecule has 0 saturated heterocycles. The summed E-state index contributed by atoms with van der Waals surface area (Å²) in [7, 11) is -1.59. The molecule has 18 heavy (non-hydrogen) atoms. The Hall–Kier alpha value is -0.963. The fourth-order valence-corrected chi connectivity index (χ4v) is 6.00. The lowest BCUT2D eigenvalue weighted by Gasteiger charge is -2.22. The van der Waals surface area contributed by atoms with E-state index >= 15 is 0 Å². The zero-order valence-corrected chi connectivity index (χ0v) is 12.4. The van der Waals surface area contributed by atoms with E-state index in [0.29, 0.717) is 30.5 Å². The molecule has 0 aromatic carbocycles. The molecule has 3 aliphatic rings. The van der Waals surface area contributed by atoms with Gasteiger partial charge in [0.25, 0.3) is 0 Å². The van der Waals surface area contributed by atoms with Crippen LogP contribution in [0.1, 0.15) is 25.7 Å². The van der Waals surface area contributed by atoms with Gasteiger partial charge in [0, 0.05) is 12.8 Å². The molecule has 0 N–H and O–H groups in total. The summed E-state index contributed by atoms with van der Waals surface area (Å²) in [5, 5.41) is 1.14. The van der Waals surface area contributed by atoms with Gasteiger partial charge in [-0.15, -0.1) is 0 Å². The normalized spacial score (nSPS) is 31.6. The number of rotatable bonds is 1. The Kier molecular flexibility index (Phi) is 2.53. The number of allylic oxidation sites excluding steroid dienone is 4. The molecule has 0 amide bonds. The van der Waals surface area contributed by atoms with Crippen LogP contribution in [0.4, 0.5) is 0 Å². The predicted octanol–water partition coefficient (Wildman–Crippen LogP) is 3.06. The van der Waals surface area contributed by atoms with Crippen LogP contribution in [0.5, 0.6) is 0 Å². The van der Waals surface area contributed by atoms with Crippen LogP contribution >= 0.6 is 0 Å². The van der Waals surface area contributed by atoms with Crippen molar-refractivity contribution >= 4 is 19.6 Å². The molecule has 2 nitrogen and oxygen atoms in total. The van der Waals surface area contributed by atoms with E-state index in [1.165, 1.54) is 11.1 Å². The Bertz CT molecular complexity index is 505. The smallest absolute Gasteiger partial charge is 0.156 e. The van der Waals surface area contributed by atoms with Crippen LogP contribution in [-0.2, 0) is 9.59 Å². The minimum absolute atomic E-state index is 0.253. The topological polar surface area (TPSA) is 34.1 Å². The number of hydrogen-bond acceptors (Lipinski definition) is 2. The lowest BCUT2D eigenvalue weighted by Crippen LogP contribution is -2.29. The van der Waals surface area contributed by atoms with E-state index in [1.54, 1.807) is 0 Å². The van der Waals surface area contributed by atoms with Crippen molar-refractivity contribution in [2.45, 2.75) is 45.3 Å². The number of hydrogen-bond donors (Lipinski definition) is 0. The highest BCUT2D eigenvalue weighted by Gasteiger charge is 2.46. The van der Waals surface area contributed by atoms with Gasteiger partial charge in [-0.3, -0.25) is 9.59 Å². The fraction of sp³-hybridized carbons (Fsp3) is 0.600. The van der Waals surface area contributed by atoms with Crippen molar-refractivity contribution in [3.63, 3.8) is 0 Å². The maximum atomic E-state index is 12.3. The molecule has 3 heteroatoms. The van der Waals surface area contributed by atoms with Crippen LogP contribution in [0, 0.1) is 11.8 Å². The third-order valence-corrected chi connectivity index (χ3v) is 6.56. The Balaban J connectivity index is 2.16. The van der Waals surface area contributed by atoms with Crippen LogP contribution in [0.2, 0.25) is 19.6 Å². The largest absolute Gasteiger partial charge is 0.295 e. The van der Waals surface area contributed by atoms with Crippen molar-refractivity contribution in [2.24, 2.45) is 11.8 Å². The van der Waals surface area contributed by atoms with Gasteiger partial charge in [-0.1, -0.05) is 19.6 Å². The van der Waals surface area contributed by atoms with E-state index in [9.17, 15) is 9.59 Å². The number of carbonyl (C=O) groups excluding carboxylic acids is 2. The van der Waals surface area contributed by atoms with Crippen LogP contribution in [-0.4, -0.2) is 19.6 Å². The van der Waals surface area contributed by atoms with Crippen molar-refractivity contribution in [3.05, 3.63) is 22.4 Å². The molecule has 0 radical (unpaired) electrons. The zero-order valence-electron chi connectivity index (χ0n) is 11.4. The summed E-state index contributed by atoms with van der Waals surface area (Å²) >= 11 is 0. The first kappa shape index (κ1) is 12.1. The minimum atomic E-state index is -1.59. The molecule has 0 unspecified atom stereocenters. The van der Waals surface area contributed by atoms with Crippen molar-refractivity contribution in [1.82, 2.24) is 0 Å². The Morgan fingerprint density at radius 1 is 1.17 bits per heavy atom. The van der Waals surface area contributed by atoms with Gasteiger partial charge in [0.1, 0.15) is 0 Å². The first-order valence-electron chi connectivity index (χ1n) is 6.90. The van der Waals surface area contributed by atoms with Crippen LogP contribution in [0.15, 0.2) is 22.4 Å². The lowest BCUT2D eigenvalue weighted by molar-refractivity contribution is -0.116. The SMILES string of the molecule is C[Si](C)(C)C1=C2C3=CC(=O)CC[C@@H]3C[C@H]2CC1=O. The average molecular weight is 260 g/mol. The van der Waals surface area contributed by atoms with Crippen LogP contribution < -0.4 is 0 Å². The summed E-state index contributed by atoms with van der Waals surface area (Å²) in [6, 6.07) is 0. The highest BCUT2D eigenvalue weighted by Crippen LogP contribution is 2.52. The molecular weight excluding hydrogens is 240 g/mol. The number of Topliss-reactive ketones (excluding diaryl/α,β-unsaturated/α-hetero) is 1. The first-order chi connectivity index (χ1) is 8.38. The van der Waals surface area contributed by atoms with Gasteiger partial charge >= 0.3 is 0 Å². The number of ketones is 2. The predicted molar refractivity (Wildman–Crippen MR) is 73.9 cm³/mol. The maximum absolute atomic E-state index is 12.3. The Labute approximate surface area is 109 Å². The molecular formula is C15H20O2Si. The monoisotopic (exact) mass is 260 g/mol. The van der Waals surface area contributed by atoms with Gasteiger partial charge in [-0.05, 0) is 47.1 Å². The summed E-state index contributed by atoms with van der Waals surface area (Å²) in [6.45, 7) is 6.73. The molecule has 3 rings (SSSR count). The van der Waals surface area contributed by atoms with E-state index in [0.717, 1.165) is 18.0 Å². The maximum Gasteiger partial charge on any atom is 0.156 e. The van der Waals surface area contributed by atoms with Gasteiger partial charge in [-0.2, -0.15) is 0 Å². The second kappa shape index (κ2) is 3.76. The molecule has 0 aromatic heterocycles. The van der Waals surface area contributed by atoms with E-state index in [1.807, 2.05) is 6.08 Å². The lowest BCUT2D eigenvalue weighted by atomic mass is 9.88. The molecule has 2 atom stereocenters. The summed E-state index contributed by atoms with van der Waals surface area (Å²) < 4.78 is 0. The Morgan fingerprint density at radius 2 is 1.89 bits per heavy atom. The summed E-state index contributed by atoms with van der Waals surface area (Å²) in [5.41, 5.74) is 2.54. The molecule has 3 aliphatic carbocycles. The van der Waals surface area contributed by atoms with Crippen LogP contribution in [0.25, 0.3) is 0 Å². The molecule has 0 aliphatic heterocycles. The van der Waals surface area contributed by atoms with Gasteiger partial charge < -0.3 is 0 Å². The Morgan fingerprint density at radius 3 is 2.56 bits per heavy atom. The molecule has 0 bridgehead atoms. The van der Waals surface area contributed by atoms with Gasteiger partial charge in [-0.25, -0.2) is 0 Å². The standard InChI is InChI=1S/C15H20O2Si/c1-18(2,3)15-13(17)7-10-6-9-4-5-11(16)8-12(9)14(10)15/h8-10H,4-7H2,1-3H3/t9-,10+/m1/s1. The first-order valence-corrected chi connectivity index (χ1v) is 10.4. The molecule has 1 saturated carbocycles. The second-order valence-corrected chi connectivity index (χ2v) is 11.9. The highest BCUT2D eigenvalue weighted by molar-refractivity contribution is 6.87. The summed E-state index contributed by atoms with van der Waals surface area (Å²) in [5.74, 6) is 1.61. The van der Waals surface area contributed by atoms with Crippen LogP contribution in [0.3, 0.4) is 0 Å². The molecule has 0 aromatic rings. The molecule has 0 spiro atoms. The minimum Gasteiger partial charge on any atom is -0.295 e. The van der Waals surface area contributed by atoms with E-state index in [-0.39, 0.29) is 5.78 Å². The van der Waals surface area contributed by atoms with Crippen molar-refractivity contribution in [3.8, 4) is 0 Å². The van der Waals surface area contributed by atoms with Crippen molar-refractivity contribution in [2.75, 3.05) is 0 Å². The quantitative estimate of drug-likeness (QED) is 0.679. The zero-order chi connectivity index (χ0) is 13.1. The summed E-state index contributed by atoms with van der Waals surface area (Å²) in [6.07, 6.45) is 5.36. The van der Waals surface area contributed by atoms with Gasteiger partial charge in [0.2, 0.25) is 0 Å². The third kappa shape index (κ3) is 1.68. The van der Waals surface area contributed by atoms with E-state index in [4.69, 9.17) is 0 Å². The van der Waals surface area contributed by atoms with Crippen molar-refractivity contribution < 1.29 is 9.59 Å².